The lowest BCUT2D eigenvalue weighted by Gasteiger charge is -2.26. The van der Waals surface area contributed by atoms with Crippen molar-refractivity contribution in [2.24, 2.45) is 5.92 Å². The van der Waals surface area contributed by atoms with E-state index in [0.717, 1.165) is 25.1 Å². The first-order valence-corrected chi connectivity index (χ1v) is 7.53. The fourth-order valence-corrected chi connectivity index (χ4v) is 2.89. The summed E-state index contributed by atoms with van der Waals surface area (Å²) in [5.74, 6) is 1.60. The topological polar surface area (TPSA) is 41.5 Å². The number of nitrogens with one attached hydrogen (secondary N) is 1. The standard InChI is InChI=1S/C17H27NO2/c1-17(2,3)14-10-13(16(20-4)15(19)11-14)9-12-5-7-18-8-6-12/h10-12,18-19H,5-9H2,1-4H3. The Morgan fingerprint density at radius 3 is 2.45 bits per heavy atom. The van der Waals surface area contributed by atoms with E-state index in [9.17, 15) is 5.11 Å². The van der Waals surface area contributed by atoms with Gasteiger partial charge in [-0.05, 0) is 60.9 Å². The van der Waals surface area contributed by atoms with Crippen LogP contribution in [0.25, 0.3) is 0 Å². The molecule has 1 aliphatic rings. The molecule has 1 saturated heterocycles. The highest BCUT2D eigenvalue weighted by Gasteiger charge is 2.22. The number of ether oxygens (including phenoxy) is 1. The van der Waals surface area contributed by atoms with Gasteiger partial charge in [-0.2, -0.15) is 0 Å². The number of hydrogen-bond donors (Lipinski definition) is 2. The fourth-order valence-electron chi connectivity index (χ4n) is 2.89. The van der Waals surface area contributed by atoms with Gasteiger partial charge in [0.25, 0.3) is 0 Å². The average Bonchev–Trinajstić information content (AvgIpc) is 2.38. The number of benzene rings is 1. The molecule has 0 saturated carbocycles. The van der Waals surface area contributed by atoms with Crippen LogP contribution in [0.3, 0.4) is 0 Å². The zero-order valence-corrected chi connectivity index (χ0v) is 13.1. The van der Waals surface area contributed by atoms with Crippen LogP contribution < -0.4 is 10.1 Å². The first-order valence-electron chi connectivity index (χ1n) is 7.53. The van der Waals surface area contributed by atoms with E-state index in [2.05, 4.69) is 32.2 Å². The Morgan fingerprint density at radius 1 is 1.25 bits per heavy atom. The minimum Gasteiger partial charge on any atom is -0.504 e. The molecule has 0 spiro atoms. The lowest BCUT2D eigenvalue weighted by molar-refractivity contribution is 0.347. The zero-order valence-electron chi connectivity index (χ0n) is 13.1. The summed E-state index contributed by atoms with van der Waals surface area (Å²) in [7, 11) is 1.64. The summed E-state index contributed by atoms with van der Waals surface area (Å²) in [5.41, 5.74) is 2.34. The van der Waals surface area contributed by atoms with Crippen LogP contribution in [0.4, 0.5) is 0 Å². The van der Waals surface area contributed by atoms with Crippen LogP contribution in [0.1, 0.15) is 44.7 Å². The lowest BCUT2D eigenvalue weighted by atomic mass is 9.83. The minimum atomic E-state index is 0.0343. The van der Waals surface area contributed by atoms with Crippen molar-refractivity contribution in [3.8, 4) is 11.5 Å². The van der Waals surface area contributed by atoms with Crippen LogP contribution in [0.5, 0.6) is 11.5 Å². The van der Waals surface area contributed by atoms with Gasteiger partial charge in [-0.15, -0.1) is 0 Å². The number of hydrogen-bond acceptors (Lipinski definition) is 3. The van der Waals surface area contributed by atoms with Crippen molar-refractivity contribution in [3.63, 3.8) is 0 Å². The summed E-state index contributed by atoms with van der Waals surface area (Å²) >= 11 is 0. The Hall–Kier alpha value is -1.22. The maximum absolute atomic E-state index is 10.2. The number of aromatic hydroxyl groups is 1. The van der Waals surface area contributed by atoms with Crippen molar-refractivity contribution >= 4 is 0 Å². The van der Waals surface area contributed by atoms with Crippen LogP contribution in [0.2, 0.25) is 0 Å². The van der Waals surface area contributed by atoms with Crippen molar-refractivity contribution in [3.05, 3.63) is 23.3 Å². The summed E-state index contributed by atoms with van der Waals surface area (Å²) in [6.45, 7) is 8.70. The van der Waals surface area contributed by atoms with E-state index in [0.29, 0.717) is 11.7 Å². The quantitative estimate of drug-likeness (QED) is 0.891. The molecule has 0 atom stereocenters. The molecule has 2 rings (SSSR count). The van der Waals surface area contributed by atoms with Gasteiger partial charge in [0, 0.05) is 0 Å². The number of methoxy groups -OCH3 is 1. The maximum Gasteiger partial charge on any atom is 0.163 e. The summed E-state index contributed by atoms with van der Waals surface area (Å²) in [6, 6.07) is 4.05. The third-order valence-electron chi connectivity index (χ3n) is 4.18. The van der Waals surface area contributed by atoms with Crippen LogP contribution in [0.15, 0.2) is 12.1 Å². The van der Waals surface area contributed by atoms with Gasteiger partial charge in [-0.1, -0.05) is 26.8 Å². The Labute approximate surface area is 122 Å². The molecular weight excluding hydrogens is 250 g/mol. The SMILES string of the molecule is COc1c(O)cc(C(C)(C)C)cc1CC1CCNCC1. The number of phenols is 1. The van der Waals surface area contributed by atoms with Gasteiger partial charge in [0.2, 0.25) is 0 Å². The van der Waals surface area contributed by atoms with Crippen LogP contribution >= 0.6 is 0 Å². The molecule has 0 bridgehead atoms. The molecule has 20 heavy (non-hydrogen) atoms. The van der Waals surface area contributed by atoms with E-state index in [4.69, 9.17) is 4.74 Å². The second-order valence-electron chi connectivity index (χ2n) is 6.84. The van der Waals surface area contributed by atoms with E-state index < -0.39 is 0 Å². The fraction of sp³-hybridized carbons (Fsp3) is 0.647. The smallest absolute Gasteiger partial charge is 0.163 e. The van der Waals surface area contributed by atoms with Gasteiger partial charge < -0.3 is 15.2 Å². The number of piperidine rings is 1. The van der Waals surface area contributed by atoms with Crippen LogP contribution in [-0.2, 0) is 11.8 Å². The first-order chi connectivity index (χ1) is 9.41. The van der Waals surface area contributed by atoms with E-state index in [1.165, 1.54) is 18.4 Å². The third kappa shape index (κ3) is 3.45. The maximum atomic E-state index is 10.2. The summed E-state index contributed by atoms with van der Waals surface area (Å²) in [5, 5.41) is 13.6. The predicted molar refractivity (Wildman–Crippen MR) is 82.7 cm³/mol. The highest BCUT2D eigenvalue weighted by Crippen LogP contribution is 2.37. The van der Waals surface area contributed by atoms with Crippen molar-refractivity contribution in [2.45, 2.75) is 45.4 Å². The molecule has 0 aliphatic carbocycles. The van der Waals surface area contributed by atoms with Gasteiger partial charge in [0.05, 0.1) is 7.11 Å². The van der Waals surface area contributed by atoms with Crippen molar-refractivity contribution in [2.75, 3.05) is 20.2 Å². The predicted octanol–water partition coefficient (Wildman–Crippen LogP) is 3.24. The molecule has 1 fully saturated rings. The zero-order chi connectivity index (χ0) is 14.8. The van der Waals surface area contributed by atoms with Gasteiger partial charge >= 0.3 is 0 Å². The molecule has 2 N–H and O–H groups in total. The monoisotopic (exact) mass is 277 g/mol. The molecule has 1 heterocycles. The Balaban J connectivity index is 2.30. The largest absolute Gasteiger partial charge is 0.504 e. The van der Waals surface area contributed by atoms with Gasteiger partial charge in [0.1, 0.15) is 0 Å². The summed E-state index contributed by atoms with van der Waals surface area (Å²) in [6.07, 6.45) is 3.38. The average molecular weight is 277 g/mol. The van der Waals surface area contributed by atoms with Crippen molar-refractivity contribution < 1.29 is 9.84 Å². The van der Waals surface area contributed by atoms with E-state index in [1.54, 1.807) is 7.11 Å². The van der Waals surface area contributed by atoms with E-state index >= 15 is 0 Å². The minimum absolute atomic E-state index is 0.0343. The number of rotatable bonds is 3. The summed E-state index contributed by atoms with van der Waals surface area (Å²) in [4.78, 5) is 0. The van der Waals surface area contributed by atoms with Crippen LogP contribution in [0, 0.1) is 5.92 Å². The Bertz CT molecular complexity index is 457. The Kier molecular flexibility index (Phi) is 4.59. The van der Waals surface area contributed by atoms with E-state index in [-0.39, 0.29) is 11.2 Å². The molecule has 0 aromatic heterocycles. The summed E-state index contributed by atoms with van der Waals surface area (Å²) < 4.78 is 5.42. The Morgan fingerprint density at radius 2 is 1.90 bits per heavy atom. The van der Waals surface area contributed by atoms with Gasteiger partial charge in [0.15, 0.2) is 11.5 Å². The molecule has 3 nitrogen and oxygen atoms in total. The van der Waals surface area contributed by atoms with E-state index in [1.807, 2.05) is 6.07 Å². The number of phenolic OH excluding ortho intramolecular Hbond substituents is 1. The van der Waals surface area contributed by atoms with Gasteiger partial charge in [-0.3, -0.25) is 0 Å². The second-order valence-corrected chi connectivity index (χ2v) is 6.84. The lowest BCUT2D eigenvalue weighted by Crippen LogP contribution is -2.28. The van der Waals surface area contributed by atoms with Gasteiger partial charge in [-0.25, -0.2) is 0 Å². The third-order valence-corrected chi connectivity index (χ3v) is 4.18. The molecule has 1 aromatic carbocycles. The van der Waals surface area contributed by atoms with Crippen molar-refractivity contribution in [1.82, 2.24) is 5.32 Å². The second kappa shape index (κ2) is 6.04. The van der Waals surface area contributed by atoms with Crippen molar-refractivity contribution in [1.29, 1.82) is 0 Å². The first kappa shape index (κ1) is 15.2. The molecule has 1 aromatic rings. The van der Waals surface area contributed by atoms with Crippen LogP contribution in [-0.4, -0.2) is 25.3 Å². The molecule has 112 valence electrons. The normalized spacial score (nSPS) is 17.2. The highest BCUT2D eigenvalue weighted by molar-refractivity contribution is 5.50. The molecular formula is C17H27NO2. The molecule has 1 aliphatic heterocycles. The molecule has 0 amide bonds. The molecule has 3 heteroatoms. The molecule has 0 radical (unpaired) electrons. The highest BCUT2D eigenvalue weighted by atomic mass is 16.5. The molecule has 0 unspecified atom stereocenters.